The molecule has 1 unspecified atom stereocenters. The van der Waals surface area contributed by atoms with Crippen LogP contribution in [-0.4, -0.2) is 16.2 Å². The van der Waals surface area contributed by atoms with E-state index in [0.29, 0.717) is 49.3 Å². The van der Waals surface area contributed by atoms with Crippen molar-refractivity contribution >= 4 is 23.2 Å². The van der Waals surface area contributed by atoms with Gasteiger partial charge in [-0.15, -0.1) is 0 Å². The topological polar surface area (TPSA) is 74.6 Å². The van der Waals surface area contributed by atoms with E-state index in [1.807, 2.05) is 6.07 Å². The molecule has 0 bridgehead atoms. The maximum atomic E-state index is 16.7. The minimum Gasteiger partial charge on any atom is -0.489 e. The number of benzene rings is 3. The number of rotatable bonds is 6. The Morgan fingerprint density at radius 3 is 2.29 bits per heavy atom. The van der Waals surface area contributed by atoms with E-state index in [1.54, 1.807) is 72.3 Å². The monoisotopic (exact) mass is 490 g/mol. The van der Waals surface area contributed by atoms with Gasteiger partial charge >= 0.3 is 0 Å². The van der Waals surface area contributed by atoms with Gasteiger partial charge in [0, 0.05) is 12.6 Å². The van der Waals surface area contributed by atoms with E-state index in [-0.39, 0.29) is 6.61 Å². The second kappa shape index (κ2) is 9.57. The first kappa shape index (κ1) is 23.3. The molecule has 1 aromatic heterocycles. The minimum atomic E-state index is -2.07. The van der Waals surface area contributed by atoms with Crippen molar-refractivity contribution in [3.63, 3.8) is 0 Å². The van der Waals surface area contributed by atoms with Gasteiger partial charge in [0.05, 0.1) is 51.5 Å². The molecule has 0 radical (unpaired) electrons. The van der Waals surface area contributed by atoms with Crippen LogP contribution in [0, 0.1) is 22.7 Å². The zero-order valence-corrected chi connectivity index (χ0v) is 19.5. The van der Waals surface area contributed by atoms with E-state index in [4.69, 9.17) is 33.2 Å². The third-order valence-corrected chi connectivity index (χ3v) is 6.20. The fraction of sp³-hybridized carbons (Fsp3) is 0.115. The molecule has 0 aliphatic heterocycles. The van der Waals surface area contributed by atoms with Gasteiger partial charge in [0.25, 0.3) is 0 Å². The van der Waals surface area contributed by atoms with E-state index < -0.39 is 5.67 Å². The minimum absolute atomic E-state index is 0.293. The van der Waals surface area contributed by atoms with Crippen LogP contribution in [0.25, 0.3) is 11.1 Å². The molecule has 5 nitrogen and oxygen atoms in total. The first-order valence-corrected chi connectivity index (χ1v) is 10.9. The van der Waals surface area contributed by atoms with E-state index >= 15 is 4.39 Å². The zero-order valence-electron chi connectivity index (χ0n) is 18.0. The summed E-state index contributed by atoms with van der Waals surface area (Å²) in [5.41, 5.74) is 0.628. The number of ether oxygens (including phenoxy) is 1. The normalized spacial score (nSPS) is 12.4. The lowest BCUT2D eigenvalue weighted by Gasteiger charge is -2.27. The molecule has 0 saturated heterocycles. The molecule has 0 fully saturated rings. The van der Waals surface area contributed by atoms with Crippen molar-refractivity contribution in [1.82, 2.24) is 9.55 Å². The number of hydrogen-bond donors (Lipinski definition) is 0. The lowest BCUT2D eigenvalue weighted by Crippen LogP contribution is -2.32. The van der Waals surface area contributed by atoms with Crippen LogP contribution in [0.1, 0.15) is 22.4 Å². The number of imidazole rings is 1. The van der Waals surface area contributed by atoms with Crippen molar-refractivity contribution in [2.24, 2.45) is 7.05 Å². The van der Waals surface area contributed by atoms with E-state index in [0.717, 1.165) is 0 Å². The summed E-state index contributed by atoms with van der Waals surface area (Å²) in [6, 6.07) is 20.3. The highest BCUT2D eigenvalue weighted by atomic mass is 35.5. The molecular weight excluding hydrogens is 474 g/mol. The van der Waals surface area contributed by atoms with Gasteiger partial charge in [-0.3, -0.25) is 0 Å². The molecular formula is C26H17Cl2FN4O. The van der Waals surface area contributed by atoms with Crippen LogP contribution < -0.4 is 4.74 Å². The van der Waals surface area contributed by atoms with Crippen LogP contribution in [0.4, 0.5) is 4.39 Å². The zero-order chi connectivity index (χ0) is 24.3. The summed E-state index contributed by atoms with van der Waals surface area (Å²) in [7, 11) is 1.70. The molecule has 0 spiro atoms. The number of halogens is 3. The predicted octanol–water partition coefficient (Wildman–Crippen LogP) is 6.43. The van der Waals surface area contributed by atoms with Crippen molar-refractivity contribution < 1.29 is 9.13 Å². The smallest absolute Gasteiger partial charge is 0.210 e. The second-order valence-corrected chi connectivity index (χ2v) is 8.43. The van der Waals surface area contributed by atoms with E-state index in [1.165, 1.54) is 12.5 Å². The van der Waals surface area contributed by atoms with Crippen molar-refractivity contribution in [3.8, 4) is 29.0 Å². The molecule has 0 aliphatic carbocycles. The van der Waals surface area contributed by atoms with Crippen molar-refractivity contribution in [1.29, 1.82) is 10.5 Å². The Morgan fingerprint density at radius 2 is 1.68 bits per heavy atom. The standard InChI is InChI=1S/C26H17Cl2FN4O/c1-33-16-32-14-25(33)26(29,20-6-2-17(12-30)3-7-20)15-34-24-9-4-18(13-31)10-21(24)19-5-8-22(27)23(28)11-19/h2-11,14,16H,15H2,1H3. The summed E-state index contributed by atoms with van der Waals surface area (Å²) in [6.07, 6.45) is 2.95. The van der Waals surface area contributed by atoms with Crippen LogP contribution in [0.15, 0.2) is 73.2 Å². The van der Waals surface area contributed by atoms with E-state index in [2.05, 4.69) is 11.1 Å². The van der Waals surface area contributed by atoms with Crippen LogP contribution in [0.5, 0.6) is 5.75 Å². The highest BCUT2D eigenvalue weighted by molar-refractivity contribution is 6.42. The summed E-state index contributed by atoms with van der Waals surface area (Å²) >= 11 is 12.3. The third kappa shape index (κ3) is 4.47. The van der Waals surface area contributed by atoms with Gasteiger partial charge in [-0.05, 0) is 53.6 Å². The number of hydrogen-bond acceptors (Lipinski definition) is 4. The summed E-state index contributed by atoms with van der Waals surface area (Å²) in [6.45, 7) is -0.376. The summed E-state index contributed by atoms with van der Waals surface area (Å²) in [5, 5.41) is 19.2. The van der Waals surface area contributed by atoms with Crippen LogP contribution >= 0.6 is 23.2 Å². The number of alkyl halides is 1. The summed E-state index contributed by atoms with van der Waals surface area (Å²) in [5.74, 6) is 0.371. The Labute approximate surface area is 206 Å². The average molecular weight is 491 g/mol. The molecule has 0 saturated carbocycles. The van der Waals surface area contributed by atoms with Crippen molar-refractivity contribution in [2.75, 3.05) is 6.61 Å². The van der Waals surface area contributed by atoms with Gasteiger partial charge in [-0.1, -0.05) is 41.4 Å². The molecule has 0 amide bonds. The number of aromatic nitrogens is 2. The summed E-state index contributed by atoms with van der Waals surface area (Å²) in [4.78, 5) is 4.06. The fourth-order valence-electron chi connectivity index (χ4n) is 3.65. The molecule has 3 aromatic carbocycles. The van der Waals surface area contributed by atoms with Crippen LogP contribution in [0.3, 0.4) is 0 Å². The molecule has 4 aromatic rings. The molecule has 0 aliphatic rings. The van der Waals surface area contributed by atoms with Gasteiger partial charge in [0.15, 0.2) is 0 Å². The molecule has 168 valence electrons. The van der Waals surface area contributed by atoms with Crippen LogP contribution in [-0.2, 0) is 12.7 Å². The van der Waals surface area contributed by atoms with Gasteiger partial charge < -0.3 is 9.30 Å². The highest BCUT2D eigenvalue weighted by Gasteiger charge is 2.38. The Morgan fingerprint density at radius 1 is 0.971 bits per heavy atom. The quantitative estimate of drug-likeness (QED) is 0.312. The molecule has 0 N–H and O–H groups in total. The molecule has 1 heterocycles. The van der Waals surface area contributed by atoms with Gasteiger partial charge in [-0.2, -0.15) is 10.5 Å². The first-order valence-electron chi connectivity index (χ1n) is 10.1. The molecule has 8 heteroatoms. The second-order valence-electron chi connectivity index (χ2n) is 7.62. The summed E-state index contributed by atoms with van der Waals surface area (Å²) < 4.78 is 24.3. The van der Waals surface area contributed by atoms with Crippen molar-refractivity contribution in [3.05, 3.63) is 106 Å². The highest BCUT2D eigenvalue weighted by Crippen LogP contribution is 2.38. The SMILES string of the molecule is Cn1cncc1C(F)(COc1ccc(C#N)cc1-c1ccc(Cl)c(Cl)c1)c1ccc(C#N)cc1. The first-order chi connectivity index (χ1) is 16.4. The Kier molecular flexibility index (Phi) is 6.56. The Bertz CT molecular complexity index is 1440. The number of nitrogens with zero attached hydrogens (tertiary/aromatic N) is 4. The third-order valence-electron chi connectivity index (χ3n) is 5.46. The lowest BCUT2D eigenvalue weighted by atomic mass is 9.92. The van der Waals surface area contributed by atoms with E-state index in [9.17, 15) is 5.26 Å². The lowest BCUT2D eigenvalue weighted by molar-refractivity contribution is 0.115. The number of nitriles is 2. The molecule has 34 heavy (non-hydrogen) atoms. The average Bonchev–Trinajstić information content (AvgIpc) is 3.30. The van der Waals surface area contributed by atoms with Crippen LogP contribution in [0.2, 0.25) is 10.0 Å². The maximum Gasteiger partial charge on any atom is 0.210 e. The molecule has 4 rings (SSSR count). The van der Waals surface area contributed by atoms with Gasteiger partial charge in [0.2, 0.25) is 5.67 Å². The maximum absolute atomic E-state index is 16.7. The number of aryl methyl sites for hydroxylation is 1. The fourth-order valence-corrected chi connectivity index (χ4v) is 3.94. The van der Waals surface area contributed by atoms with Crippen molar-refractivity contribution in [2.45, 2.75) is 5.67 Å². The largest absolute Gasteiger partial charge is 0.489 e. The van der Waals surface area contributed by atoms with Gasteiger partial charge in [-0.25, -0.2) is 9.37 Å². The Hall–Kier alpha value is -3.84. The Balaban J connectivity index is 1.76. The van der Waals surface area contributed by atoms with Gasteiger partial charge in [0.1, 0.15) is 12.4 Å². The predicted molar refractivity (Wildman–Crippen MR) is 128 cm³/mol. The molecule has 1 atom stereocenters.